The fraction of sp³-hybridized carbons (Fsp3) is 0.273. The molecule has 1 heterocycles. The number of benzene rings is 1. The van der Waals surface area contributed by atoms with Crippen LogP contribution in [0.1, 0.15) is 12.0 Å². The van der Waals surface area contributed by atoms with Crippen molar-refractivity contribution in [3.63, 3.8) is 0 Å². The molecule has 1 aromatic rings. The van der Waals surface area contributed by atoms with E-state index in [0.29, 0.717) is 6.42 Å². The molecule has 1 aliphatic heterocycles. The second kappa shape index (κ2) is 3.96. The molecule has 0 atom stereocenters. The number of rotatable bonds is 1. The van der Waals surface area contributed by atoms with Gasteiger partial charge in [-0.25, -0.2) is 0 Å². The lowest BCUT2D eigenvalue weighted by molar-refractivity contribution is -0.109. The minimum atomic E-state index is 0.232. The van der Waals surface area contributed by atoms with Crippen molar-refractivity contribution in [1.29, 1.82) is 0 Å². The van der Waals surface area contributed by atoms with E-state index in [0.717, 1.165) is 17.2 Å². The van der Waals surface area contributed by atoms with Crippen LogP contribution in [-0.2, 0) is 4.79 Å². The molecule has 2 nitrogen and oxygen atoms in total. The third-order valence-electron chi connectivity index (χ3n) is 2.07. The largest absolute Gasteiger partial charge is 0.287 e. The molecular formula is C11H11NOS. The zero-order valence-corrected chi connectivity index (χ0v) is 8.80. The van der Waals surface area contributed by atoms with Crippen molar-refractivity contribution in [2.24, 2.45) is 4.99 Å². The molecule has 1 aliphatic rings. The topological polar surface area (TPSA) is 29.4 Å². The smallest absolute Gasteiger partial charge is 0.194 e. The summed E-state index contributed by atoms with van der Waals surface area (Å²) in [6, 6.07) is 8.03. The van der Waals surface area contributed by atoms with Crippen molar-refractivity contribution in [2.75, 3.05) is 5.75 Å². The van der Waals surface area contributed by atoms with E-state index in [1.807, 2.05) is 31.2 Å². The maximum atomic E-state index is 11.0. The summed E-state index contributed by atoms with van der Waals surface area (Å²) in [5.74, 6) is 0.757. The molecule has 0 aliphatic carbocycles. The molecule has 1 fully saturated rings. The van der Waals surface area contributed by atoms with Gasteiger partial charge in [0.2, 0.25) is 0 Å². The summed E-state index contributed by atoms with van der Waals surface area (Å²) < 4.78 is 0. The van der Waals surface area contributed by atoms with E-state index in [2.05, 4.69) is 4.99 Å². The average molecular weight is 205 g/mol. The van der Waals surface area contributed by atoms with E-state index in [1.54, 1.807) is 0 Å². The van der Waals surface area contributed by atoms with Gasteiger partial charge in [0, 0.05) is 11.5 Å². The predicted molar refractivity (Wildman–Crippen MR) is 60.4 cm³/mol. The van der Waals surface area contributed by atoms with Gasteiger partial charge in [0.05, 0.1) is 12.1 Å². The monoisotopic (exact) mass is 205 g/mol. The lowest BCUT2D eigenvalue weighted by atomic mass is 10.2. The van der Waals surface area contributed by atoms with Gasteiger partial charge in [0.25, 0.3) is 0 Å². The van der Waals surface area contributed by atoms with E-state index in [9.17, 15) is 4.79 Å². The zero-order valence-electron chi connectivity index (χ0n) is 7.99. The van der Waals surface area contributed by atoms with Crippen molar-refractivity contribution in [3.8, 4) is 0 Å². The molecule has 0 spiro atoms. The Balaban J connectivity index is 2.17. The summed E-state index contributed by atoms with van der Waals surface area (Å²) in [7, 11) is 0. The molecule has 0 aromatic heterocycles. The van der Waals surface area contributed by atoms with E-state index >= 15 is 0 Å². The molecule has 0 amide bonds. The second-order valence-electron chi connectivity index (χ2n) is 3.35. The Morgan fingerprint density at radius 3 is 2.57 bits per heavy atom. The molecule has 3 heteroatoms. The number of hydrogen-bond donors (Lipinski definition) is 0. The number of hydrogen-bond acceptors (Lipinski definition) is 3. The first-order valence-corrected chi connectivity index (χ1v) is 5.51. The molecule has 0 N–H and O–H groups in total. The van der Waals surface area contributed by atoms with Crippen LogP contribution in [0.4, 0.5) is 5.69 Å². The van der Waals surface area contributed by atoms with Crippen molar-refractivity contribution in [3.05, 3.63) is 29.8 Å². The number of carbonyl (C=O) groups excluding carboxylic acids is 1. The zero-order chi connectivity index (χ0) is 9.97. The van der Waals surface area contributed by atoms with E-state index in [1.165, 1.54) is 17.3 Å². The highest BCUT2D eigenvalue weighted by atomic mass is 32.2. The highest BCUT2D eigenvalue weighted by Gasteiger charge is 2.17. The average Bonchev–Trinajstić information content (AvgIpc) is 2.56. The SMILES string of the molecule is Cc1ccc(N=C2CSC(=O)C2)cc1. The predicted octanol–water partition coefficient (Wildman–Crippen LogP) is 2.73. The number of carbonyl (C=O) groups is 1. The molecule has 72 valence electrons. The Morgan fingerprint density at radius 1 is 1.29 bits per heavy atom. The summed E-state index contributed by atoms with van der Waals surface area (Å²) in [5.41, 5.74) is 3.16. The lowest BCUT2D eigenvalue weighted by Gasteiger charge is -1.96. The molecular weight excluding hydrogens is 194 g/mol. The van der Waals surface area contributed by atoms with E-state index in [4.69, 9.17) is 0 Å². The fourth-order valence-corrected chi connectivity index (χ4v) is 2.07. The molecule has 1 aromatic carbocycles. The van der Waals surface area contributed by atoms with Crippen LogP contribution in [0.25, 0.3) is 0 Å². The third kappa shape index (κ3) is 2.23. The maximum absolute atomic E-state index is 11.0. The highest BCUT2D eigenvalue weighted by Crippen LogP contribution is 2.21. The summed E-state index contributed by atoms with van der Waals surface area (Å²) >= 11 is 1.36. The van der Waals surface area contributed by atoms with Crippen LogP contribution < -0.4 is 0 Å². The molecule has 14 heavy (non-hydrogen) atoms. The standard InChI is InChI=1S/C11H11NOS/c1-8-2-4-9(5-3-8)12-10-6-11(13)14-7-10/h2-5H,6-7H2,1H3. The van der Waals surface area contributed by atoms with E-state index in [-0.39, 0.29) is 5.12 Å². The van der Waals surface area contributed by atoms with Gasteiger partial charge < -0.3 is 0 Å². The Kier molecular flexibility index (Phi) is 2.68. The highest BCUT2D eigenvalue weighted by molar-refractivity contribution is 8.14. The van der Waals surface area contributed by atoms with Gasteiger partial charge in [0.1, 0.15) is 0 Å². The van der Waals surface area contributed by atoms with Gasteiger partial charge in [0.15, 0.2) is 5.12 Å². The normalized spacial score (nSPS) is 19.2. The van der Waals surface area contributed by atoms with Crippen molar-refractivity contribution >= 4 is 28.3 Å². The van der Waals surface area contributed by atoms with Gasteiger partial charge in [-0.05, 0) is 19.1 Å². The first-order chi connectivity index (χ1) is 6.74. The molecule has 1 saturated heterocycles. The van der Waals surface area contributed by atoms with Crippen molar-refractivity contribution < 1.29 is 4.79 Å². The quantitative estimate of drug-likeness (QED) is 0.705. The number of aryl methyl sites for hydroxylation is 1. The Morgan fingerprint density at radius 2 is 2.00 bits per heavy atom. The maximum Gasteiger partial charge on any atom is 0.194 e. The van der Waals surface area contributed by atoms with Crippen molar-refractivity contribution in [1.82, 2.24) is 0 Å². The summed E-state index contributed by atoms with van der Waals surface area (Å²) in [4.78, 5) is 15.4. The molecule has 0 saturated carbocycles. The van der Waals surface area contributed by atoms with Gasteiger partial charge in [-0.1, -0.05) is 29.5 Å². The lowest BCUT2D eigenvalue weighted by Crippen LogP contribution is -1.93. The molecule has 0 bridgehead atoms. The first-order valence-electron chi connectivity index (χ1n) is 4.53. The number of nitrogens with zero attached hydrogens (tertiary/aromatic N) is 1. The number of thioether (sulfide) groups is 1. The van der Waals surface area contributed by atoms with Crippen LogP contribution in [0, 0.1) is 6.92 Å². The van der Waals surface area contributed by atoms with Crippen LogP contribution >= 0.6 is 11.8 Å². The summed E-state index contributed by atoms with van der Waals surface area (Å²) in [6.45, 7) is 2.05. The number of aliphatic imine (C=N–C) groups is 1. The van der Waals surface area contributed by atoms with Crippen LogP contribution in [0.15, 0.2) is 29.3 Å². The van der Waals surface area contributed by atoms with Crippen LogP contribution in [0.3, 0.4) is 0 Å². The van der Waals surface area contributed by atoms with Crippen LogP contribution in [-0.4, -0.2) is 16.6 Å². The van der Waals surface area contributed by atoms with E-state index < -0.39 is 0 Å². The summed E-state index contributed by atoms with van der Waals surface area (Å²) in [6.07, 6.45) is 0.512. The Labute approximate surface area is 87.4 Å². The van der Waals surface area contributed by atoms with Crippen LogP contribution in [0.5, 0.6) is 0 Å². The minimum Gasteiger partial charge on any atom is -0.287 e. The third-order valence-corrected chi connectivity index (χ3v) is 3.01. The first kappa shape index (κ1) is 9.46. The Hall–Kier alpha value is -1.09. The van der Waals surface area contributed by atoms with Gasteiger partial charge >= 0.3 is 0 Å². The van der Waals surface area contributed by atoms with Crippen LogP contribution in [0.2, 0.25) is 0 Å². The van der Waals surface area contributed by atoms with Crippen molar-refractivity contribution in [2.45, 2.75) is 13.3 Å². The van der Waals surface area contributed by atoms with Gasteiger partial charge in [-0.15, -0.1) is 0 Å². The molecule has 2 rings (SSSR count). The fourth-order valence-electron chi connectivity index (χ4n) is 1.31. The molecule has 0 unspecified atom stereocenters. The second-order valence-corrected chi connectivity index (χ2v) is 4.38. The molecule has 0 radical (unpaired) electrons. The Bertz CT molecular complexity index is 381. The summed E-state index contributed by atoms with van der Waals surface area (Å²) in [5, 5.41) is 0.232. The van der Waals surface area contributed by atoms with Gasteiger partial charge in [-0.3, -0.25) is 9.79 Å². The van der Waals surface area contributed by atoms with Gasteiger partial charge in [-0.2, -0.15) is 0 Å². The minimum absolute atomic E-state index is 0.232.